The van der Waals surface area contributed by atoms with E-state index < -0.39 is 0 Å². The van der Waals surface area contributed by atoms with Crippen LogP contribution in [0.1, 0.15) is 13.8 Å². The first-order valence-corrected chi connectivity index (χ1v) is 6.60. The largest absolute Gasteiger partial charge is 0.352 e. The van der Waals surface area contributed by atoms with Gasteiger partial charge in [0, 0.05) is 29.8 Å². The fourth-order valence-corrected chi connectivity index (χ4v) is 3.46. The molecule has 2 nitrogen and oxygen atoms in total. The van der Waals surface area contributed by atoms with Crippen molar-refractivity contribution in [1.29, 1.82) is 0 Å². The van der Waals surface area contributed by atoms with Crippen molar-refractivity contribution < 1.29 is 4.39 Å². The van der Waals surface area contributed by atoms with Crippen LogP contribution in [0.15, 0.2) is 12.3 Å². The van der Waals surface area contributed by atoms with Gasteiger partial charge in [0.1, 0.15) is 0 Å². The van der Waals surface area contributed by atoms with Crippen molar-refractivity contribution >= 4 is 29.2 Å². The molecular formula is C11H14ClFN2S. The van der Waals surface area contributed by atoms with Crippen LogP contribution >= 0.6 is 23.4 Å². The molecule has 1 aromatic heterocycles. The van der Waals surface area contributed by atoms with Gasteiger partial charge in [0.2, 0.25) is 0 Å². The molecule has 0 aromatic carbocycles. The Bertz CT molecular complexity index is 378. The van der Waals surface area contributed by atoms with Gasteiger partial charge in [-0.2, -0.15) is 11.8 Å². The zero-order valence-corrected chi connectivity index (χ0v) is 10.9. The van der Waals surface area contributed by atoms with Crippen molar-refractivity contribution in [2.45, 2.75) is 24.3 Å². The minimum Gasteiger partial charge on any atom is -0.352 e. The Morgan fingerprint density at radius 2 is 2.06 bits per heavy atom. The maximum absolute atomic E-state index is 13.7. The summed E-state index contributed by atoms with van der Waals surface area (Å²) in [7, 11) is 0. The van der Waals surface area contributed by atoms with E-state index in [1.165, 1.54) is 12.3 Å². The van der Waals surface area contributed by atoms with Crippen molar-refractivity contribution in [2.75, 3.05) is 18.0 Å². The molecule has 2 rings (SSSR count). The molecule has 0 saturated carbocycles. The third-order valence-electron chi connectivity index (χ3n) is 2.51. The molecule has 2 atom stereocenters. The van der Waals surface area contributed by atoms with E-state index in [0.29, 0.717) is 21.3 Å². The van der Waals surface area contributed by atoms with Gasteiger partial charge in [-0.15, -0.1) is 0 Å². The normalized spacial score (nSPS) is 25.9. The molecule has 0 spiro atoms. The molecule has 0 N–H and O–H groups in total. The van der Waals surface area contributed by atoms with Gasteiger partial charge in [-0.1, -0.05) is 25.4 Å². The lowest BCUT2D eigenvalue weighted by Gasteiger charge is -2.35. The van der Waals surface area contributed by atoms with E-state index in [1.54, 1.807) is 0 Å². The number of nitrogens with zero attached hydrogens (tertiary/aromatic N) is 2. The van der Waals surface area contributed by atoms with Crippen LogP contribution in [0.5, 0.6) is 0 Å². The molecule has 2 heterocycles. The molecule has 1 aromatic rings. The summed E-state index contributed by atoms with van der Waals surface area (Å²) >= 11 is 7.62. The minimum absolute atomic E-state index is 0.334. The van der Waals surface area contributed by atoms with Crippen LogP contribution in [0.25, 0.3) is 0 Å². The molecule has 1 aliphatic rings. The minimum atomic E-state index is -0.334. The zero-order chi connectivity index (χ0) is 11.7. The highest BCUT2D eigenvalue weighted by molar-refractivity contribution is 8.00. The molecule has 0 radical (unpaired) electrons. The molecule has 0 bridgehead atoms. The summed E-state index contributed by atoms with van der Waals surface area (Å²) < 4.78 is 13.7. The summed E-state index contributed by atoms with van der Waals surface area (Å²) in [6, 6.07) is 1.32. The Balaban J connectivity index is 2.23. The first kappa shape index (κ1) is 12.0. The Morgan fingerprint density at radius 3 is 2.62 bits per heavy atom. The van der Waals surface area contributed by atoms with Gasteiger partial charge in [-0.25, -0.2) is 9.37 Å². The Hall–Kier alpha value is -0.480. The summed E-state index contributed by atoms with van der Waals surface area (Å²) in [5.74, 6) is 0.0854. The molecule has 1 fully saturated rings. The molecule has 1 aliphatic heterocycles. The van der Waals surface area contributed by atoms with Crippen LogP contribution < -0.4 is 4.90 Å². The standard InChI is InChI=1S/C11H14ClFN2S/c1-7-5-15(6-8(2)16-7)11-10(13)3-9(12)4-14-11/h3-4,7-8H,5-6H2,1-2H3. The molecule has 0 amide bonds. The van der Waals surface area contributed by atoms with Gasteiger partial charge in [0.15, 0.2) is 11.6 Å². The summed E-state index contributed by atoms with van der Waals surface area (Å²) in [4.78, 5) is 6.08. The van der Waals surface area contributed by atoms with E-state index in [1.807, 2.05) is 16.7 Å². The first-order valence-electron chi connectivity index (χ1n) is 5.27. The number of thioether (sulfide) groups is 1. The highest BCUT2D eigenvalue weighted by atomic mass is 35.5. The van der Waals surface area contributed by atoms with Gasteiger partial charge in [-0.3, -0.25) is 0 Å². The van der Waals surface area contributed by atoms with E-state index in [-0.39, 0.29) is 5.82 Å². The molecule has 5 heteroatoms. The number of aromatic nitrogens is 1. The molecular weight excluding hydrogens is 247 g/mol. The SMILES string of the molecule is CC1CN(c2ncc(Cl)cc2F)CC(C)S1. The lowest BCUT2D eigenvalue weighted by atomic mass is 10.3. The van der Waals surface area contributed by atoms with E-state index in [4.69, 9.17) is 11.6 Å². The summed E-state index contributed by atoms with van der Waals surface area (Å²) in [6.07, 6.45) is 1.50. The van der Waals surface area contributed by atoms with Crippen molar-refractivity contribution in [3.63, 3.8) is 0 Å². The molecule has 0 aliphatic carbocycles. The highest BCUT2D eigenvalue weighted by Gasteiger charge is 2.25. The smallest absolute Gasteiger partial charge is 0.167 e. The number of anilines is 1. The van der Waals surface area contributed by atoms with Crippen molar-refractivity contribution in [3.8, 4) is 0 Å². The maximum atomic E-state index is 13.7. The predicted molar refractivity (Wildman–Crippen MR) is 67.9 cm³/mol. The van der Waals surface area contributed by atoms with Crippen molar-refractivity contribution in [3.05, 3.63) is 23.1 Å². The van der Waals surface area contributed by atoms with Gasteiger partial charge in [0.05, 0.1) is 5.02 Å². The fraction of sp³-hybridized carbons (Fsp3) is 0.545. The Morgan fingerprint density at radius 1 is 1.44 bits per heavy atom. The van der Waals surface area contributed by atoms with Gasteiger partial charge >= 0.3 is 0 Å². The molecule has 16 heavy (non-hydrogen) atoms. The Labute approximate surface area is 104 Å². The second-order valence-corrected chi connectivity index (χ2v) is 6.44. The van der Waals surface area contributed by atoms with Crippen molar-refractivity contribution in [1.82, 2.24) is 4.98 Å². The van der Waals surface area contributed by atoms with Crippen LogP contribution in [0.3, 0.4) is 0 Å². The monoisotopic (exact) mass is 260 g/mol. The number of rotatable bonds is 1. The van der Waals surface area contributed by atoms with Crippen LogP contribution in [0.4, 0.5) is 10.2 Å². The molecule has 88 valence electrons. The molecule has 2 unspecified atom stereocenters. The first-order chi connectivity index (χ1) is 7.56. The highest BCUT2D eigenvalue weighted by Crippen LogP contribution is 2.29. The number of halogens is 2. The third-order valence-corrected chi connectivity index (χ3v) is 3.94. The Kier molecular flexibility index (Phi) is 3.60. The summed E-state index contributed by atoms with van der Waals surface area (Å²) in [5.41, 5.74) is 0. The van der Waals surface area contributed by atoms with E-state index in [2.05, 4.69) is 18.8 Å². The van der Waals surface area contributed by atoms with E-state index >= 15 is 0 Å². The third kappa shape index (κ3) is 2.61. The van der Waals surface area contributed by atoms with E-state index in [0.717, 1.165) is 13.1 Å². The predicted octanol–water partition coefficient (Wildman–Crippen LogP) is 3.20. The maximum Gasteiger partial charge on any atom is 0.167 e. The van der Waals surface area contributed by atoms with Crippen LogP contribution in [-0.2, 0) is 0 Å². The summed E-state index contributed by atoms with van der Waals surface area (Å²) in [6.45, 7) is 5.98. The van der Waals surface area contributed by atoms with Gasteiger partial charge in [0.25, 0.3) is 0 Å². The van der Waals surface area contributed by atoms with E-state index in [9.17, 15) is 4.39 Å². The second-order valence-electron chi connectivity index (χ2n) is 4.12. The van der Waals surface area contributed by atoms with Gasteiger partial charge < -0.3 is 4.90 Å². The average molecular weight is 261 g/mol. The van der Waals surface area contributed by atoms with Crippen LogP contribution in [-0.4, -0.2) is 28.6 Å². The summed E-state index contributed by atoms with van der Waals surface area (Å²) in [5, 5.41) is 1.34. The topological polar surface area (TPSA) is 16.1 Å². The number of pyridine rings is 1. The average Bonchev–Trinajstić information content (AvgIpc) is 2.15. The van der Waals surface area contributed by atoms with Crippen LogP contribution in [0.2, 0.25) is 5.02 Å². The van der Waals surface area contributed by atoms with Crippen LogP contribution in [0, 0.1) is 5.82 Å². The van der Waals surface area contributed by atoms with Gasteiger partial charge in [-0.05, 0) is 6.07 Å². The zero-order valence-electron chi connectivity index (χ0n) is 9.28. The fourth-order valence-electron chi connectivity index (χ4n) is 1.99. The van der Waals surface area contributed by atoms with Crippen molar-refractivity contribution in [2.24, 2.45) is 0 Å². The lowest BCUT2D eigenvalue weighted by Crippen LogP contribution is -2.41. The number of hydrogen-bond acceptors (Lipinski definition) is 3. The lowest BCUT2D eigenvalue weighted by molar-refractivity contribution is 0.602. The quantitative estimate of drug-likeness (QED) is 0.771. The second kappa shape index (κ2) is 4.80. The number of hydrogen-bond donors (Lipinski definition) is 0. The molecule has 1 saturated heterocycles.